The molecule has 4 rings (SSSR count). The molecule has 0 saturated heterocycles. The van der Waals surface area contributed by atoms with Crippen molar-refractivity contribution in [3.63, 3.8) is 0 Å². The van der Waals surface area contributed by atoms with Crippen LogP contribution in [-0.2, 0) is 13.0 Å². The third kappa shape index (κ3) is 3.52. The van der Waals surface area contributed by atoms with Crippen LogP contribution in [0.5, 0.6) is 0 Å². The van der Waals surface area contributed by atoms with Gasteiger partial charge in [-0.05, 0) is 43.9 Å². The van der Waals surface area contributed by atoms with Crippen LogP contribution in [0, 0.1) is 0 Å². The van der Waals surface area contributed by atoms with E-state index in [0.29, 0.717) is 35.8 Å². The molecule has 1 aliphatic rings. The molecule has 0 atom stereocenters. The second-order valence-corrected chi connectivity index (χ2v) is 7.11. The van der Waals surface area contributed by atoms with E-state index in [2.05, 4.69) is 44.5 Å². The quantitative estimate of drug-likeness (QED) is 0.644. The highest BCUT2D eigenvalue weighted by Gasteiger charge is 2.16. The standard InChI is InChI=1S/C21H26N6O/c1-2-27-19-17(25-21(27)22)13-16(14-24-19)20(28)23-10-6-12-26-11-5-8-15-7-3-4-9-18(15)26/h3-4,7,9,13-14H,2,5-6,8,10-12H2,1H3,(H2,22,25)(H,23,28). The zero-order valence-corrected chi connectivity index (χ0v) is 16.2. The number of hydrogen-bond donors (Lipinski definition) is 2. The van der Waals surface area contributed by atoms with Gasteiger partial charge in [0.25, 0.3) is 5.91 Å². The van der Waals surface area contributed by atoms with Gasteiger partial charge in [-0.25, -0.2) is 9.97 Å². The zero-order valence-electron chi connectivity index (χ0n) is 16.2. The molecule has 1 amide bonds. The number of para-hydroxylation sites is 1. The molecule has 0 aliphatic carbocycles. The van der Waals surface area contributed by atoms with E-state index in [0.717, 1.165) is 25.9 Å². The third-order valence-electron chi connectivity index (χ3n) is 5.29. The monoisotopic (exact) mass is 378 g/mol. The highest BCUT2D eigenvalue weighted by molar-refractivity contribution is 5.96. The molecule has 0 unspecified atom stereocenters. The molecule has 7 heteroatoms. The number of aryl methyl sites for hydroxylation is 2. The molecule has 0 spiro atoms. The Morgan fingerprint density at radius 3 is 3.04 bits per heavy atom. The second-order valence-electron chi connectivity index (χ2n) is 7.11. The maximum atomic E-state index is 12.5. The zero-order chi connectivity index (χ0) is 19.5. The van der Waals surface area contributed by atoms with E-state index in [9.17, 15) is 4.79 Å². The van der Waals surface area contributed by atoms with Crippen molar-refractivity contribution in [2.24, 2.45) is 0 Å². The van der Waals surface area contributed by atoms with Gasteiger partial charge >= 0.3 is 0 Å². The summed E-state index contributed by atoms with van der Waals surface area (Å²) < 4.78 is 1.83. The van der Waals surface area contributed by atoms with Crippen molar-refractivity contribution >= 4 is 28.7 Å². The maximum Gasteiger partial charge on any atom is 0.252 e. The van der Waals surface area contributed by atoms with Gasteiger partial charge in [-0.1, -0.05) is 18.2 Å². The number of imidazole rings is 1. The minimum Gasteiger partial charge on any atom is -0.371 e. The van der Waals surface area contributed by atoms with Crippen LogP contribution in [0.3, 0.4) is 0 Å². The van der Waals surface area contributed by atoms with Crippen molar-refractivity contribution in [1.82, 2.24) is 19.9 Å². The smallest absolute Gasteiger partial charge is 0.252 e. The highest BCUT2D eigenvalue weighted by Crippen LogP contribution is 2.26. The van der Waals surface area contributed by atoms with Gasteiger partial charge in [-0.3, -0.25) is 9.36 Å². The Balaban J connectivity index is 1.33. The van der Waals surface area contributed by atoms with Crippen LogP contribution in [0.2, 0.25) is 0 Å². The minimum atomic E-state index is -0.127. The average molecular weight is 378 g/mol. The van der Waals surface area contributed by atoms with Crippen molar-refractivity contribution < 1.29 is 4.79 Å². The van der Waals surface area contributed by atoms with E-state index in [1.165, 1.54) is 17.7 Å². The molecule has 3 heterocycles. The van der Waals surface area contributed by atoms with Crippen LogP contribution in [-0.4, -0.2) is 40.1 Å². The Hall–Kier alpha value is -3.09. The van der Waals surface area contributed by atoms with E-state index < -0.39 is 0 Å². The number of carbonyl (C=O) groups excluding carboxylic acids is 1. The summed E-state index contributed by atoms with van der Waals surface area (Å²) in [6.45, 7) is 5.32. The number of nitrogens with one attached hydrogen (secondary N) is 1. The van der Waals surface area contributed by atoms with E-state index in [4.69, 9.17) is 5.73 Å². The Morgan fingerprint density at radius 1 is 1.32 bits per heavy atom. The maximum absolute atomic E-state index is 12.5. The number of pyridine rings is 1. The summed E-state index contributed by atoms with van der Waals surface area (Å²) in [7, 11) is 0. The first-order valence-corrected chi connectivity index (χ1v) is 9.90. The molecular formula is C21H26N6O. The Labute approximate surface area is 164 Å². The van der Waals surface area contributed by atoms with Crippen molar-refractivity contribution in [3.05, 3.63) is 47.7 Å². The summed E-state index contributed by atoms with van der Waals surface area (Å²) in [5.41, 5.74) is 10.5. The lowest BCUT2D eigenvalue weighted by atomic mass is 10.0. The summed E-state index contributed by atoms with van der Waals surface area (Å²) in [6, 6.07) is 10.3. The summed E-state index contributed by atoms with van der Waals surface area (Å²) in [4.78, 5) is 23.6. The molecule has 0 saturated carbocycles. The lowest BCUT2D eigenvalue weighted by Gasteiger charge is -2.31. The number of nitrogen functional groups attached to an aromatic ring is 1. The molecule has 7 nitrogen and oxygen atoms in total. The van der Waals surface area contributed by atoms with E-state index in [1.807, 2.05) is 11.5 Å². The predicted molar refractivity (Wildman–Crippen MR) is 112 cm³/mol. The van der Waals surface area contributed by atoms with Crippen LogP contribution < -0.4 is 16.0 Å². The summed E-state index contributed by atoms with van der Waals surface area (Å²) >= 11 is 0. The van der Waals surface area contributed by atoms with Gasteiger partial charge < -0.3 is 16.0 Å². The number of nitrogens with zero attached hydrogens (tertiary/aromatic N) is 4. The Bertz CT molecular complexity index is 996. The molecule has 0 fully saturated rings. The molecule has 1 aliphatic heterocycles. The van der Waals surface area contributed by atoms with Gasteiger partial charge in [0.05, 0.1) is 5.56 Å². The summed E-state index contributed by atoms with van der Waals surface area (Å²) in [5, 5.41) is 2.99. The fraction of sp³-hybridized carbons (Fsp3) is 0.381. The Morgan fingerprint density at radius 2 is 2.18 bits per heavy atom. The van der Waals surface area contributed by atoms with Crippen molar-refractivity contribution in [2.75, 3.05) is 30.3 Å². The van der Waals surface area contributed by atoms with E-state index >= 15 is 0 Å². The molecule has 3 N–H and O–H groups in total. The molecule has 0 radical (unpaired) electrons. The number of anilines is 2. The van der Waals surface area contributed by atoms with Gasteiger partial charge in [0.2, 0.25) is 5.95 Å². The van der Waals surface area contributed by atoms with Gasteiger partial charge in [0, 0.05) is 38.1 Å². The number of benzene rings is 1. The lowest BCUT2D eigenvalue weighted by Crippen LogP contribution is -2.33. The number of aromatic nitrogens is 3. The largest absolute Gasteiger partial charge is 0.371 e. The fourth-order valence-electron chi connectivity index (χ4n) is 3.88. The highest BCUT2D eigenvalue weighted by atomic mass is 16.1. The SMILES string of the molecule is CCn1c(N)nc2cc(C(=O)NCCCN3CCCc4ccccc43)cnc21. The van der Waals surface area contributed by atoms with Gasteiger partial charge in [-0.15, -0.1) is 0 Å². The van der Waals surface area contributed by atoms with Crippen LogP contribution in [0.25, 0.3) is 11.2 Å². The first kappa shape index (κ1) is 18.3. The van der Waals surface area contributed by atoms with Crippen molar-refractivity contribution in [3.8, 4) is 0 Å². The van der Waals surface area contributed by atoms with Crippen molar-refractivity contribution in [1.29, 1.82) is 0 Å². The van der Waals surface area contributed by atoms with E-state index in [1.54, 1.807) is 12.3 Å². The number of amides is 1. The number of nitrogens with two attached hydrogens (primary N) is 1. The third-order valence-corrected chi connectivity index (χ3v) is 5.29. The van der Waals surface area contributed by atoms with E-state index in [-0.39, 0.29) is 5.91 Å². The van der Waals surface area contributed by atoms with Crippen LogP contribution in [0.15, 0.2) is 36.5 Å². The van der Waals surface area contributed by atoms with Gasteiger partial charge in [-0.2, -0.15) is 0 Å². The van der Waals surface area contributed by atoms with Crippen LogP contribution in [0.1, 0.15) is 35.7 Å². The summed E-state index contributed by atoms with van der Waals surface area (Å²) in [5.74, 6) is 0.294. The average Bonchev–Trinajstić information content (AvgIpc) is 3.05. The van der Waals surface area contributed by atoms with Gasteiger partial charge in [0.15, 0.2) is 5.65 Å². The number of carbonyl (C=O) groups is 1. The minimum absolute atomic E-state index is 0.127. The van der Waals surface area contributed by atoms with Crippen molar-refractivity contribution in [2.45, 2.75) is 32.7 Å². The number of rotatable bonds is 6. The number of hydrogen-bond acceptors (Lipinski definition) is 5. The first-order chi connectivity index (χ1) is 13.7. The Kier molecular flexibility index (Phi) is 5.14. The second kappa shape index (κ2) is 7.88. The van der Waals surface area contributed by atoms with Crippen LogP contribution in [0.4, 0.5) is 11.6 Å². The lowest BCUT2D eigenvalue weighted by molar-refractivity contribution is 0.0953. The molecule has 2 aromatic heterocycles. The van der Waals surface area contributed by atoms with Gasteiger partial charge in [0.1, 0.15) is 5.52 Å². The normalized spacial score (nSPS) is 13.5. The molecule has 146 valence electrons. The topological polar surface area (TPSA) is 89.1 Å². The molecule has 0 bridgehead atoms. The molecule has 28 heavy (non-hydrogen) atoms. The summed E-state index contributed by atoms with van der Waals surface area (Å²) in [6.07, 6.45) is 4.82. The predicted octanol–water partition coefficient (Wildman–Crippen LogP) is 2.61. The molecule has 3 aromatic rings. The molecule has 1 aromatic carbocycles. The van der Waals surface area contributed by atoms with Crippen LogP contribution >= 0.6 is 0 Å². The molecular weight excluding hydrogens is 352 g/mol. The fourth-order valence-corrected chi connectivity index (χ4v) is 3.88. The number of fused-ring (bicyclic) bond motifs is 2. The first-order valence-electron chi connectivity index (χ1n) is 9.90.